The molecular formula is C24H20ClN3O5S. The number of nitrogens with zero attached hydrogens (tertiary/aromatic N) is 2. The summed E-state index contributed by atoms with van der Waals surface area (Å²) in [4.78, 5) is 42.7. The van der Waals surface area contributed by atoms with Gasteiger partial charge in [0.1, 0.15) is 5.76 Å². The van der Waals surface area contributed by atoms with E-state index >= 15 is 0 Å². The minimum absolute atomic E-state index is 0.137. The average Bonchev–Trinajstić information content (AvgIpc) is 3.34. The molecule has 0 aliphatic carbocycles. The summed E-state index contributed by atoms with van der Waals surface area (Å²) in [7, 11) is 1.28. The Morgan fingerprint density at radius 1 is 1.21 bits per heavy atom. The molecule has 8 nitrogen and oxygen atoms in total. The number of esters is 1. The lowest BCUT2D eigenvalue weighted by Gasteiger charge is -2.16. The highest BCUT2D eigenvalue weighted by atomic mass is 35.5. The molecule has 0 fully saturated rings. The summed E-state index contributed by atoms with van der Waals surface area (Å²) in [6.07, 6.45) is 1.52. The van der Waals surface area contributed by atoms with Gasteiger partial charge in [0, 0.05) is 10.7 Å². The molecule has 4 aromatic rings. The first kappa shape index (κ1) is 23.6. The largest absolute Gasteiger partial charge is 0.467 e. The Bertz CT molecular complexity index is 1420. The standard InChI is InChI=1S/C24H20ClN3O5S/c1-14(21(29)26-17-6-3-5-16(25)12-17)34-24-27-20-11-15(23(31)32-2)8-9-19(20)22(30)28(24)13-18-7-4-10-33-18/h3-12,14H,13H2,1-2H3,(H,26,29). The maximum Gasteiger partial charge on any atom is 0.337 e. The third-order valence-corrected chi connectivity index (χ3v) is 6.30. The van der Waals surface area contributed by atoms with Gasteiger partial charge in [-0.15, -0.1) is 0 Å². The van der Waals surface area contributed by atoms with Crippen LogP contribution in [0.2, 0.25) is 5.02 Å². The Labute approximate surface area is 203 Å². The number of anilines is 1. The highest BCUT2D eigenvalue weighted by molar-refractivity contribution is 8.00. The second-order valence-electron chi connectivity index (χ2n) is 7.35. The lowest BCUT2D eigenvalue weighted by atomic mass is 10.1. The summed E-state index contributed by atoms with van der Waals surface area (Å²) >= 11 is 7.12. The van der Waals surface area contributed by atoms with E-state index in [-0.39, 0.29) is 23.6 Å². The summed E-state index contributed by atoms with van der Waals surface area (Å²) in [5.41, 5.74) is 0.844. The van der Waals surface area contributed by atoms with Gasteiger partial charge >= 0.3 is 5.97 Å². The molecule has 0 bridgehead atoms. The molecule has 10 heteroatoms. The van der Waals surface area contributed by atoms with E-state index in [9.17, 15) is 14.4 Å². The van der Waals surface area contributed by atoms with Crippen molar-refractivity contribution in [1.29, 1.82) is 0 Å². The van der Waals surface area contributed by atoms with E-state index in [1.54, 1.807) is 49.4 Å². The number of rotatable bonds is 7. The normalized spacial score (nSPS) is 11.9. The van der Waals surface area contributed by atoms with Crippen molar-refractivity contribution in [2.45, 2.75) is 23.9 Å². The van der Waals surface area contributed by atoms with E-state index in [1.807, 2.05) is 0 Å². The Balaban J connectivity index is 1.71. The number of aromatic nitrogens is 2. The number of carbonyl (C=O) groups is 2. The van der Waals surface area contributed by atoms with Crippen molar-refractivity contribution in [3.8, 4) is 0 Å². The molecule has 2 aromatic heterocycles. The van der Waals surface area contributed by atoms with Gasteiger partial charge in [0.05, 0.1) is 41.6 Å². The van der Waals surface area contributed by atoms with Crippen molar-refractivity contribution >= 4 is 51.8 Å². The number of halogens is 1. The predicted molar refractivity (Wildman–Crippen MR) is 131 cm³/mol. The van der Waals surface area contributed by atoms with E-state index in [4.69, 9.17) is 20.8 Å². The molecule has 1 unspecified atom stereocenters. The number of hydrogen-bond donors (Lipinski definition) is 1. The molecule has 2 aromatic carbocycles. The van der Waals surface area contributed by atoms with Crippen LogP contribution >= 0.6 is 23.4 Å². The minimum atomic E-state index is -0.602. The molecular weight excluding hydrogens is 478 g/mol. The smallest absolute Gasteiger partial charge is 0.337 e. The first-order chi connectivity index (χ1) is 16.4. The molecule has 34 heavy (non-hydrogen) atoms. The quantitative estimate of drug-likeness (QED) is 0.226. The maximum atomic E-state index is 13.3. The number of hydrogen-bond acceptors (Lipinski definition) is 7. The molecule has 0 radical (unpaired) electrons. The van der Waals surface area contributed by atoms with E-state index < -0.39 is 11.2 Å². The first-order valence-corrected chi connectivity index (χ1v) is 11.5. The summed E-state index contributed by atoms with van der Waals surface area (Å²) in [6.45, 7) is 1.85. The van der Waals surface area contributed by atoms with Gasteiger partial charge in [-0.2, -0.15) is 0 Å². The number of amides is 1. The van der Waals surface area contributed by atoms with E-state index in [1.165, 1.54) is 30.1 Å². The fourth-order valence-electron chi connectivity index (χ4n) is 3.26. The topological polar surface area (TPSA) is 103 Å². The van der Waals surface area contributed by atoms with E-state index in [2.05, 4.69) is 10.3 Å². The Morgan fingerprint density at radius 2 is 2.03 bits per heavy atom. The fraction of sp³-hybridized carbons (Fsp3) is 0.167. The zero-order chi connectivity index (χ0) is 24.2. The van der Waals surface area contributed by atoms with Crippen molar-refractivity contribution in [3.63, 3.8) is 0 Å². The lowest BCUT2D eigenvalue weighted by molar-refractivity contribution is -0.115. The molecule has 0 saturated carbocycles. The van der Waals surface area contributed by atoms with Crippen LogP contribution in [0.25, 0.3) is 10.9 Å². The van der Waals surface area contributed by atoms with Crippen LogP contribution in [0.1, 0.15) is 23.0 Å². The van der Waals surface area contributed by atoms with Gasteiger partial charge in [-0.05, 0) is 55.5 Å². The number of fused-ring (bicyclic) bond motifs is 1. The third-order valence-electron chi connectivity index (χ3n) is 4.98. The van der Waals surface area contributed by atoms with Gasteiger partial charge in [0.25, 0.3) is 5.56 Å². The summed E-state index contributed by atoms with van der Waals surface area (Å²) in [5, 5.41) is 3.36. The van der Waals surface area contributed by atoms with Crippen LogP contribution in [0.3, 0.4) is 0 Å². The van der Waals surface area contributed by atoms with Crippen LogP contribution in [0.4, 0.5) is 5.69 Å². The van der Waals surface area contributed by atoms with Crippen molar-refractivity contribution in [2.24, 2.45) is 0 Å². The summed E-state index contributed by atoms with van der Waals surface area (Å²) in [5.74, 6) is -0.256. The molecule has 4 rings (SSSR count). The molecule has 1 amide bonds. The van der Waals surface area contributed by atoms with E-state index in [0.717, 1.165) is 11.8 Å². The van der Waals surface area contributed by atoms with E-state index in [0.29, 0.717) is 32.5 Å². The van der Waals surface area contributed by atoms with Gasteiger partial charge in [0.2, 0.25) is 5.91 Å². The van der Waals surface area contributed by atoms with Crippen LogP contribution < -0.4 is 10.9 Å². The van der Waals surface area contributed by atoms with Crippen LogP contribution in [0, 0.1) is 0 Å². The molecule has 1 atom stereocenters. The number of ether oxygens (including phenoxy) is 1. The number of nitrogens with one attached hydrogen (secondary N) is 1. The summed E-state index contributed by atoms with van der Waals surface area (Å²) in [6, 6.07) is 14.9. The Kier molecular flexibility index (Phi) is 7.04. The molecule has 2 heterocycles. The zero-order valence-corrected chi connectivity index (χ0v) is 19.9. The highest BCUT2D eigenvalue weighted by Crippen LogP contribution is 2.25. The van der Waals surface area contributed by atoms with Crippen molar-refractivity contribution in [2.75, 3.05) is 12.4 Å². The minimum Gasteiger partial charge on any atom is -0.467 e. The molecule has 1 N–H and O–H groups in total. The SMILES string of the molecule is COC(=O)c1ccc2c(=O)n(Cc3ccco3)c(SC(C)C(=O)Nc3cccc(Cl)c3)nc2c1. The third kappa shape index (κ3) is 5.16. The molecule has 0 aliphatic rings. The Hall–Kier alpha value is -3.56. The highest BCUT2D eigenvalue weighted by Gasteiger charge is 2.21. The summed E-state index contributed by atoms with van der Waals surface area (Å²) < 4.78 is 11.6. The first-order valence-electron chi connectivity index (χ1n) is 10.2. The van der Waals surface area contributed by atoms with Crippen molar-refractivity contribution < 1.29 is 18.7 Å². The van der Waals surface area contributed by atoms with Gasteiger partial charge in [0.15, 0.2) is 5.16 Å². The van der Waals surface area contributed by atoms with Gasteiger partial charge in [-0.3, -0.25) is 14.2 Å². The fourth-order valence-corrected chi connectivity index (χ4v) is 4.35. The van der Waals surface area contributed by atoms with Gasteiger partial charge in [-0.25, -0.2) is 9.78 Å². The van der Waals surface area contributed by atoms with Crippen LogP contribution in [-0.2, 0) is 16.1 Å². The molecule has 0 saturated heterocycles. The van der Waals surface area contributed by atoms with Gasteiger partial charge in [-0.1, -0.05) is 29.4 Å². The lowest BCUT2D eigenvalue weighted by Crippen LogP contribution is -2.27. The molecule has 174 valence electrons. The monoisotopic (exact) mass is 497 g/mol. The number of thioether (sulfide) groups is 1. The molecule has 0 aliphatic heterocycles. The van der Waals surface area contributed by atoms with Crippen molar-refractivity contribution in [1.82, 2.24) is 9.55 Å². The van der Waals surface area contributed by atoms with Gasteiger partial charge < -0.3 is 14.5 Å². The van der Waals surface area contributed by atoms with Crippen LogP contribution in [-0.4, -0.2) is 33.8 Å². The van der Waals surface area contributed by atoms with Crippen LogP contribution in [0.15, 0.2) is 75.2 Å². The Morgan fingerprint density at radius 3 is 2.74 bits per heavy atom. The van der Waals surface area contributed by atoms with Crippen molar-refractivity contribution in [3.05, 3.63) is 87.6 Å². The number of methoxy groups -OCH3 is 1. The number of furan rings is 1. The second-order valence-corrected chi connectivity index (χ2v) is 9.09. The number of benzene rings is 2. The zero-order valence-electron chi connectivity index (χ0n) is 18.3. The average molecular weight is 498 g/mol. The number of carbonyl (C=O) groups excluding carboxylic acids is 2. The predicted octanol–water partition coefficient (Wildman–Crippen LogP) is 4.60. The van der Waals surface area contributed by atoms with Crippen LogP contribution in [0.5, 0.6) is 0 Å². The maximum absolute atomic E-state index is 13.3. The second kappa shape index (κ2) is 10.1. The molecule has 0 spiro atoms.